The molecule has 0 saturated heterocycles. The highest BCUT2D eigenvalue weighted by Gasteiger charge is 2.32. The van der Waals surface area contributed by atoms with Gasteiger partial charge in [-0.25, -0.2) is 0 Å². The Balaban J connectivity index is 2.39. The van der Waals surface area contributed by atoms with E-state index in [2.05, 4.69) is 4.98 Å². The lowest BCUT2D eigenvalue weighted by Crippen LogP contribution is -2.07. The number of Topliss-reactive ketones (excluding diaryl/α,β-unsaturated/α-hetero) is 1. The highest BCUT2D eigenvalue weighted by atomic mass is 32.2. The number of benzene rings is 1. The summed E-state index contributed by atoms with van der Waals surface area (Å²) in [7, 11) is 0. The number of carbonyl (C=O) groups excluding carboxylic acids is 1. The number of nitrogens with one attached hydrogen (secondary N) is 1. The molecular formula is C18H16F3NOS2. The number of alkyl halides is 3. The van der Waals surface area contributed by atoms with E-state index >= 15 is 0 Å². The molecule has 25 heavy (non-hydrogen) atoms. The van der Waals surface area contributed by atoms with Crippen molar-refractivity contribution in [2.45, 2.75) is 26.9 Å². The molecule has 0 unspecified atom stereocenters. The summed E-state index contributed by atoms with van der Waals surface area (Å²) in [5, 5.41) is 0. The van der Waals surface area contributed by atoms with Gasteiger partial charge >= 0.3 is 6.18 Å². The molecule has 1 N–H and O–H groups in total. The van der Waals surface area contributed by atoms with Gasteiger partial charge in [0.2, 0.25) is 0 Å². The van der Waals surface area contributed by atoms with Crippen molar-refractivity contribution in [3.63, 3.8) is 0 Å². The fraction of sp³-hybridized carbons (Fsp3) is 0.222. The first kappa shape index (κ1) is 19.5. The average molecular weight is 383 g/mol. The van der Waals surface area contributed by atoms with Crippen LogP contribution in [0, 0.1) is 6.92 Å². The van der Waals surface area contributed by atoms with Gasteiger partial charge in [0.15, 0.2) is 5.78 Å². The van der Waals surface area contributed by atoms with Crippen LogP contribution >= 0.6 is 24.0 Å². The van der Waals surface area contributed by atoms with Crippen LogP contribution in [-0.2, 0) is 11.0 Å². The van der Waals surface area contributed by atoms with Crippen LogP contribution in [0.1, 0.15) is 30.7 Å². The zero-order chi connectivity index (χ0) is 18.8. The third-order valence-electron chi connectivity index (χ3n) is 3.45. The molecule has 0 aliphatic carbocycles. The van der Waals surface area contributed by atoms with Crippen molar-refractivity contribution in [2.75, 3.05) is 0 Å². The molecule has 2 nitrogen and oxygen atoms in total. The van der Waals surface area contributed by atoms with Gasteiger partial charge in [0.25, 0.3) is 0 Å². The van der Waals surface area contributed by atoms with Gasteiger partial charge in [-0.3, -0.25) is 4.79 Å². The molecule has 0 bridgehead atoms. The molecule has 0 amide bonds. The predicted octanol–water partition coefficient (Wildman–Crippen LogP) is 6.02. The molecule has 0 aliphatic rings. The lowest BCUT2D eigenvalue weighted by molar-refractivity contribution is -0.138. The quantitative estimate of drug-likeness (QED) is 0.518. The smallest absolute Gasteiger partial charge is 0.355 e. The minimum atomic E-state index is -4.40. The van der Waals surface area contributed by atoms with E-state index in [-0.39, 0.29) is 11.3 Å². The second-order valence-corrected chi connectivity index (χ2v) is 7.64. The molecule has 2 rings (SSSR count). The highest BCUT2D eigenvalue weighted by molar-refractivity contribution is 8.26. The van der Waals surface area contributed by atoms with Crippen LogP contribution in [0.2, 0.25) is 0 Å². The Morgan fingerprint density at radius 3 is 2.44 bits per heavy atom. The average Bonchev–Trinajstić information content (AvgIpc) is 2.94. The Morgan fingerprint density at radius 2 is 1.88 bits per heavy atom. The number of aryl methyl sites for hydroxylation is 1. The van der Waals surface area contributed by atoms with Gasteiger partial charge in [-0.15, -0.1) is 0 Å². The summed E-state index contributed by atoms with van der Waals surface area (Å²) in [6, 6.07) is 7.59. The van der Waals surface area contributed by atoms with E-state index < -0.39 is 11.7 Å². The number of thioether (sulfide) groups is 1. The summed E-state index contributed by atoms with van der Waals surface area (Å²) in [6.45, 7) is 4.60. The molecule has 132 valence electrons. The van der Waals surface area contributed by atoms with Gasteiger partial charge in [-0.05, 0) is 56.2 Å². The third kappa shape index (κ3) is 5.06. The Labute approximate surface area is 153 Å². The molecule has 2 aromatic rings. The number of hydrogen-bond donors (Lipinski definition) is 1. The standard InChI is InChI=1S/C18H16F3NOS2/c1-10-4-5-13(8-15(10)18(19,20)21)16-7-6-14(22-16)9-17(11(2)23)25-12(3)24/h4-9,22H,1-3H3/b17-9+. The second kappa shape index (κ2) is 7.58. The van der Waals surface area contributed by atoms with Crippen LogP contribution in [0.4, 0.5) is 13.2 Å². The predicted molar refractivity (Wildman–Crippen MR) is 100 cm³/mol. The van der Waals surface area contributed by atoms with Crippen molar-refractivity contribution < 1.29 is 18.0 Å². The Morgan fingerprint density at radius 1 is 1.20 bits per heavy atom. The minimum Gasteiger partial charge on any atom is -0.355 e. The third-order valence-corrected chi connectivity index (χ3v) is 4.61. The fourth-order valence-electron chi connectivity index (χ4n) is 2.26. The Hall–Kier alpha value is -1.86. The largest absolute Gasteiger partial charge is 0.416 e. The van der Waals surface area contributed by atoms with Crippen molar-refractivity contribution >= 4 is 40.0 Å². The monoisotopic (exact) mass is 383 g/mol. The number of hydrogen-bond acceptors (Lipinski definition) is 3. The first-order valence-corrected chi connectivity index (χ1v) is 8.58. The zero-order valence-electron chi connectivity index (χ0n) is 13.8. The second-order valence-electron chi connectivity index (χ2n) is 5.51. The first-order chi connectivity index (χ1) is 11.6. The molecule has 7 heteroatoms. The maximum atomic E-state index is 13.1. The number of aromatic amines is 1. The fourth-order valence-corrected chi connectivity index (χ4v) is 3.17. The molecule has 0 fully saturated rings. The number of H-pyrrole nitrogens is 1. The van der Waals surface area contributed by atoms with Crippen LogP contribution in [0.15, 0.2) is 35.2 Å². The van der Waals surface area contributed by atoms with Crippen molar-refractivity contribution in [3.05, 3.63) is 52.1 Å². The maximum Gasteiger partial charge on any atom is 0.416 e. The summed E-state index contributed by atoms with van der Waals surface area (Å²) in [5.74, 6) is -0.125. The topological polar surface area (TPSA) is 32.9 Å². The van der Waals surface area contributed by atoms with Crippen molar-refractivity contribution in [2.24, 2.45) is 0 Å². The molecule has 1 heterocycles. The SMILES string of the molecule is CC(=O)/C(=C\c1ccc(-c2ccc(C)c(C(F)(F)F)c2)[nH]1)SC(C)=S. The number of halogens is 3. The molecule has 0 atom stereocenters. The van der Waals surface area contributed by atoms with Crippen LogP contribution < -0.4 is 0 Å². The van der Waals surface area contributed by atoms with Crippen LogP contribution in [-0.4, -0.2) is 15.0 Å². The zero-order valence-corrected chi connectivity index (χ0v) is 15.5. The summed E-state index contributed by atoms with van der Waals surface area (Å²) in [6.07, 6.45) is -2.75. The number of carbonyl (C=O) groups is 1. The number of aromatic nitrogens is 1. The van der Waals surface area contributed by atoms with E-state index in [0.29, 0.717) is 26.1 Å². The molecule has 1 aromatic heterocycles. The number of allylic oxidation sites excluding steroid dienone is 1. The maximum absolute atomic E-state index is 13.1. The Kier molecular flexibility index (Phi) is 5.90. The molecule has 0 radical (unpaired) electrons. The molecule has 0 aliphatic heterocycles. The van der Waals surface area contributed by atoms with Crippen molar-refractivity contribution in [1.29, 1.82) is 0 Å². The van der Waals surface area contributed by atoms with Gasteiger partial charge < -0.3 is 4.98 Å². The number of rotatable bonds is 4. The van der Waals surface area contributed by atoms with Crippen molar-refractivity contribution in [1.82, 2.24) is 4.98 Å². The number of ketones is 1. The van der Waals surface area contributed by atoms with E-state index in [0.717, 1.165) is 6.07 Å². The minimum absolute atomic E-state index is 0.125. The highest BCUT2D eigenvalue weighted by Crippen LogP contribution is 2.34. The molecule has 0 saturated carbocycles. The van der Waals surface area contributed by atoms with E-state index in [4.69, 9.17) is 12.2 Å². The summed E-state index contributed by atoms with van der Waals surface area (Å²) >= 11 is 6.19. The summed E-state index contributed by atoms with van der Waals surface area (Å²) in [5.41, 5.74) is 1.12. The van der Waals surface area contributed by atoms with Gasteiger partial charge in [0, 0.05) is 15.6 Å². The van der Waals surface area contributed by atoms with Gasteiger partial charge in [0.1, 0.15) is 0 Å². The lowest BCUT2D eigenvalue weighted by atomic mass is 10.0. The van der Waals surface area contributed by atoms with Crippen LogP contribution in [0.3, 0.4) is 0 Å². The molecule has 0 spiro atoms. The van der Waals surface area contributed by atoms with E-state index in [1.54, 1.807) is 31.2 Å². The van der Waals surface area contributed by atoms with E-state index in [1.807, 2.05) is 0 Å². The van der Waals surface area contributed by atoms with Crippen LogP contribution in [0.5, 0.6) is 0 Å². The van der Waals surface area contributed by atoms with Crippen molar-refractivity contribution in [3.8, 4) is 11.3 Å². The lowest BCUT2D eigenvalue weighted by Gasteiger charge is -2.11. The van der Waals surface area contributed by atoms with Crippen LogP contribution in [0.25, 0.3) is 17.3 Å². The normalized spacial score (nSPS) is 12.3. The molecular weight excluding hydrogens is 367 g/mol. The van der Waals surface area contributed by atoms with Gasteiger partial charge in [-0.2, -0.15) is 13.2 Å². The van der Waals surface area contributed by atoms with Gasteiger partial charge in [-0.1, -0.05) is 36.1 Å². The first-order valence-electron chi connectivity index (χ1n) is 7.36. The van der Waals surface area contributed by atoms with Gasteiger partial charge in [0.05, 0.1) is 10.5 Å². The summed E-state index contributed by atoms with van der Waals surface area (Å²) in [4.78, 5) is 15.2. The van der Waals surface area contributed by atoms with E-state index in [9.17, 15) is 18.0 Å². The Bertz CT molecular complexity index is 850. The molecule has 1 aromatic carbocycles. The number of thiocarbonyl (C=S) groups is 1. The van der Waals surface area contributed by atoms with E-state index in [1.165, 1.54) is 31.7 Å². The summed E-state index contributed by atoms with van der Waals surface area (Å²) < 4.78 is 39.8.